The summed E-state index contributed by atoms with van der Waals surface area (Å²) in [5, 5.41) is 0. The van der Waals surface area contributed by atoms with Crippen LogP contribution in [0.4, 0.5) is 0 Å². The molecule has 3 atom stereocenters. The number of alkyl halides is 1. The molecule has 14 heavy (non-hydrogen) atoms. The van der Waals surface area contributed by atoms with Crippen molar-refractivity contribution in [2.75, 3.05) is 5.88 Å². The van der Waals surface area contributed by atoms with E-state index in [1.54, 1.807) is 0 Å². The third kappa shape index (κ3) is 4.18. The highest BCUT2D eigenvalue weighted by molar-refractivity contribution is 6.18. The summed E-state index contributed by atoms with van der Waals surface area (Å²) in [5.74, 6) is 2.18. The Hall–Kier alpha value is 0.250. The standard InChI is InChI=1S/C12H23ClO/c1-9(2)6-11(8-13)7-12-5-4-10(3)14-12/h9-12H,4-8H2,1-3H3. The van der Waals surface area contributed by atoms with E-state index in [2.05, 4.69) is 20.8 Å². The second-order valence-corrected chi connectivity index (χ2v) is 5.34. The molecular weight excluding hydrogens is 196 g/mol. The molecule has 1 fully saturated rings. The third-order valence-electron chi connectivity index (χ3n) is 2.94. The van der Waals surface area contributed by atoms with E-state index in [-0.39, 0.29) is 0 Å². The van der Waals surface area contributed by atoms with E-state index in [0.29, 0.717) is 18.1 Å². The summed E-state index contributed by atoms with van der Waals surface area (Å²) in [7, 11) is 0. The highest BCUT2D eigenvalue weighted by Gasteiger charge is 2.24. The van der Waals surface area contributed by atoms with Gasteiger partial charge in [0.1, 0.15) is 0 Å². The summed E-state index contributed by atoms with van der Waals surface area (Å²) in [4.78, 5) is 0. The van der Waals surface area contributed by atoms with Crippen LogP contribution in [0.15, 0.2) is 0 Å². The molecule has 0 aliphatic carbocycles. The average Bonchev–Trinajstić information content (AvgIpc) is 2.49. The number of halogens is 1. The molecule has 0 aromatic rings. The predicted molar refractivity (Wildman–Crippen MR) is 61.9 cm³/mol. The van der Waals surface area contributed by atoms with E-state index in [0.717, 1.165) is 18.2 Å². The monoisotopic (exact) mass is 218 g/mol. The molecule has 0 aromatic heterocycles. The van der Waals surface area contributed by atoms with Gasteiger partial charge in [-0.15, -0.1) is 11.6 Å². The lowest BCUT2D eigenvalue weighted by Gasteiger charge is -2.20. The molecule has 2 heteroatoms. The quantitative estimate of drug-likeness (QED) is 0.637. The zero-order chi connectivity index (χ0) is 10.6. The maximum absolute atomic E-state index is 5.97. The van der Waals surface area contributed by atoms with Gasteiger partial charge >= 0.3 is 0 Å². The van der Waals surface area contributed by atoms with Crippen molar-refractivity contribution >= 4 is 11.6 Å². The lowest BCUT2D eigenvalue weighted by molar-refractivity contribution is 0.0409. The van der Waals surface area contributed by atoms with Gasteiger partial charge in [0.25, 0.3) is 0 Å². The Balaban J connectivity index is 2.26. The molecule has 0 aromatic carbocycles. The smallest absolute Gasteiger partial charge is 0.0582 e. The summed E-state index contributed by atoms with van der Waals surface area (Å²) >= 11 is 5.97. The molecule has 84 valence electrons. The maximum atomic E-state index is 5.97. The van der Waals surface area contributed by atoms with Crippen LogP contribution in [0.25, 0.3) is 0 Å². The summed E-state index contributed by atoms with van der Waals surface area (Å²) in [6.07, 6.45) is 5.79. The second-order valence-electron chi connectivity index (χ2n) is 5.03. The summed E-state index contributed by atoms with van der Waals surface area (Å²) in [5.41, 5.74) is 0. The zero-order valence-electron chi connectivity index (χ0n) is 9.63. The predicted octanol–water partition coefficient (Wildman–Crippen LogP) is 3.85. The number of rotatable bonds is 5. The highest BCUT2D eigenvalue weighted by atomic mass is 35.5. The molecule has 1 aliphatic rings. The Morgan fingerprint density at radius 3 is 2.50 bits per heavy atom. The molecule has 0 amide bonds. The van der Waals surface area contributed by atoms with Gasteiger partial charge in [-0.2, -0.15) is 0 Å². The minimum atomic E-state index is 0.468. The zero-order valence-corrected chi connectivity index (χ0v) is 10.4. The van der Waals surface area contributed by atoms with Crippen LogP contribution in [-0.2, 0) is 4.74 Å². The first-order valence-corrected chi connectivity index (χ1v) is 6.36. The van der Waals surface area contributed by atoms with E-state index < -0.39 is 0 Å². The molecule has 1 saturated heterocycles. The van der Waals surface area contributed by atoms with Gasteiger partial charge in [0, 0.05) is 5.88 Å². The van der Waals surface area contributed by atoms with Crippen LogP contribution in [-0.4, -0.2) is 18.1 Å². The van der Waals surface area contributed by atoms with Crippen molar-refractivity contribution in [1.82, 2.24) is 0 Å². The fraction of sp³-hybridized carbons (Fsp3) is 1.00. The summed E-state index contributed by atoms with van der Waals surface area (Å²) < 4.78 is 5.82. The fourth-order valence-corrected chi connectivity index (χ4v) is 2.57. The molecular formula is C12H23ClO. The fourth-order valence-electron chi connectivity index (χ4n) is 2.32. The van der Waals surface area contributed by atoms with Crippen LogP contribution in [0.5, 0.6) is 0 Å². The molecule has 1 nitrogen and oxygen atoms in total. The van der Waals surface area contributed by atoms with Gasteiger partial charge in [0.05, 0.1) is 12.2 Å². The molecule has 0 bridgehead atoms. The van der Waals surface area contributed by atoms with Crippen LogP contribution in [0.2, 0.25) is 0 Å². The van der Waals surface area contributed by atoms with Crippen LogP contribution in [0.1, 0.15) is 46.5 Å². The van der Waals surface area contributed by atoms with Crippen molar-refractivity contribution in [2.24, 2.45) is 11.8 Å². The molecule has 0 spiro atoms. The van der Waals surface area contributed by atoms with Crippen molar-refractivity contribution in [3.05, 3.63) is 0 Å². The van der Waals surface area contributed by atoms with Gasteiger partial charge < -0.3 is 4.74 Å². The first-order chi connectivity index (χ1) is 6.61. The minimum Gasteiger partial charge on any atom is -0.375 e. The summed E-state index contributed by atoms with van der Waals surface area (Å²) in [6.45, 7) is 6.69. The number of hydrogen-bond donors (Lipinski definition) is 0. The van der Waals surface area contributed by atoms with Crippen LogP contribution in [0.3, 0.4) is 0 Å². The van der Waals surface area contributed by atoms with Crippen molar-refractivity contribution < 1.29 is 4.74 Å². The van der Waals surface area contributed by atoms with Gasteiger partial charge in [-0.3, -0.25) is 0 Å². The molecule has 1 aliphatic heterocycles. The van der Waals surface area contributed by atoms with E-state index in [1.165, 1.54) is 19.3 Å². The molecule has 1 heterocycles. The SMILES string of the molecule is CC(C)CC(CCl)CC1CCC(C)O1. The molecule has 3 unspecified atom stereocenters. The third-order valence-corrected chi connectivity index (χ3v) is 3.38. The second kappa shape index (κ2) is 5.97. The minimum absolute atomic E-state index is 0.468. The normalized spacial score (nSPS) is 29.8. The average molecular weight is 219 g/mol. The summed E-state index contributed by atoms with van der Waals surface area (Å²) in [6, 6.07) is 0. The van der Waals surface area contributed by atoms with Gasteiger partial charge in [-0.05, 0) is 44.4 Å². The molecule has 0 radical (unpaired) electrons. The van der Waals surface area contributed by atoms with Crippen LogP contribution in [0, 0.1) is 11.8 Å². The number of hydrogen-bond acceptors (Lipinski definition) is 1. The van der Waals surface area contributed by atoms with Crippen molar-refractivity contribution in [3.63, 3.8) is 0 Å². The van der Waals surface area contributed by atoms with Crippen molar-refractivity contribution in [3.8, 4) is 0 Å². The Morgan fingerprint density at radius 2 is 2.07 bits per heavy atom. The van der Waals surface area contributed by atoms with Gasteiger partial charge in [-0.25, -0.2) is 0 Å². The molecule has 0 N–H and O–H groups in total. The lowest BCUT2D eigenvalue weighted by atomic mass is 9.93. The molecule has 0 saturated carbocycles. The Morgan fingerprint density at radius 1 is 1.36 bits per heavy atom. The van der Waals surface area contributed by atoms with E-state index >= 15 is 0 Å². The largest absolute Gasteiger partial charge is 0.375 e. The molecule has 1 rings (SSSR count). The van der Waals surface area contributed by atoms with Crippen molar-refractivity contribution in [1.29, 1.82) is 0 Å². The Labute approximate surface area is 93.2 Å². The Bertz CT molecular complexity index is 158. The first-order valence-electron chi connectivity index (χ1n) is 5.83. The van der Waals surface area contributed by atoms with Crippen LogP contribution >= 0.6 is 11.6 Å². The van der Waals surface area contributed by atoms with Crippen molar-refractivity contribution in [2.45, 2.75) is 58.7 Å². The maximum Gasteiger partial charge on any atom is 0.0582 e. The van der Waals surface area contributed by atoms with Gasteiger partial charge in [-0.1, -0.05) is 13.8 Å². The van der Waals surface area contributed by atoms with E-state index in [9.17, 15) is 0 Å². The first kappa shape index (κ1) is 12.3. The lowest BCUT2D eigenvalue weighted by Crippen LogP contribution is -2.17. The Kier molecular flexibility index (Phi) is 5.25. The highest BCUT2D eigenvalue weighted by Crippen LogP contribution is 2.27. The van der Waals surface area contributed by atoms with Crippen LogP contribution < -0.4 is 0 Å². The van der Waals surface area contributed by atoms with E-state index in [4.69, 9.17) is 16.3 Å². The topological polar surface area (TPSA) is 9.23 Å². The number of ether oxygens (including phenoxy) is 1. The van der Waals surface area contributed by atoms with Gasteiger partial charge in [0.2, 0.25) is 0 Å². The van der Waals surface area contributed by atoms with E-state index in [1.807, 2.05) is 0 Å². The van der Waals surface area contributed by atoms with Gasteiger partial charge in [0.15, 0.2) is 0 Å².